The van der Waals surface area contributed by atoms with Crippen LogP contribution in [0.25, 0.3) is 11.3 Å². The average molecular weight is 443 g/mol. The predicted octanol–water partition coefficient (Wildman–Crippen LogP) is 6.34. The van der Waals surface area contributed by atoms with E-state index in [1.54, 1.807) is 43.5 Å². The Morgan fingerprint density at radius 1 is 0.909 bits per heavy atom. The zero-order valence-corrected chi connectivity index (χ0v) is 18.0. The highest BCUT2D eigenvalue weighted by molar-refractivity contribution is 6.00. The summed E-state index contributed by atoms with van der Waals surface area (Å²) in [4.78, 5) is 12.7. The molecule has 0 saturated carbocycles. The monoisotopic (exact) mass is 443 g/mol. The zero-order valence-electron chi connectivity index (χ0n) is 18.0. The van der Waals surface area contributed by atoms with Gasteiger partial charge in [0.05, 0.1) is 25.5 Å². The zero-order chi connectivity index (χ0) is 23.2. The number of furan rings is 1. The molecule has 0 radical (unpaired) electrons. The van der Waals surface area contributed by atoms with Gasteiger partial charge >= 0.3 is 5.95 Å². The van der Waals surface area contributed by atoms with Crippen LogP contribution in [-0.4, -0.2) is 25.2 Å². The van der Waals surface area contributed by atoms with Crippen molar-refractivity contribution in [1.82, 2.24) is 0 Å². The van der Waals surface area contributed by atoms with Crippen LogP contribution in [-0.2, 0) is 0 Å². The van der Waals surface area contributed by atoms with Gasteiger partial charge in [-0.3, -0.25) is 4.79 Å². The predicted molar refractivity (Wildman–Crippen MR) is 124 cm³/mol. The highest BCUT2D eigenvalue weighted by Crippen LogP contribution is 2.39. The molecule has 4 rings (SSSR count). The molecule has 0 unspecified atom stereocenters. The van der Waals surface area contributed by atoms with Crippen molar-refractivity contribution in [2.24, 2.45) is 10.2 Å². The molecule has 0 spiro atoms. The van der Waals surface area contributed by atoms with E-state index in [-0.39, 0.29) is 5.69 Å². The number of ether oxygens (including phenoxy) is 2. The first kappa shape index (κ1) is 21.6. The summed E-state index contributed by atoms with van der Waals surface area (Å²) in [6, 6.07) is 23.1. The van der Waals surface area contributed by atoms with E-state index in [0.29, 0.717) is 34.1 Å². The Balaban J connectivity index is 1.56. The van der Waals surface area contributed by atoms with Crippen molar-refractivity contribution >= 4 is 23.0 Å². The number of carbonyl (C=O) groups excluding carboxylic acids is 1. The third kappa shape index (κ3) is 4.85. The summed E-state index contributed by atoms with van der Waals surface area (Å²) in [5.74, 6) is 0.382. The second kappa shape index (κ2) is 9.69. The van der Waals surface area contributed by atoms with E-state index in [1.807, 2.05) is 36.4 Å². The molecule has 0 aliphatic rings. The number of rotatable bonds is 7. The van der Waals surface area contributed by atoms with Crippen LogP contribution in [0.5, 0.6) is 17.4 Å². The third-order valence-electron chi connectivity index (χ3n) is 4.82. The fraction of sp³-hybridized carbons (Fsp3) is 0.0800. The van der Waals surface area contributed by atoms with E-state index < -0.39 is 11.9 Å². The van der Waals surface area contributed by atoms with Gasteiger partial charge in [0.25, 0.3) is 5.91 Å². The summed E-state index contributed by atoms with van der Waals surface area (Å²) in [6.45, 7) is 0. The molecule has 1 amide bonds. The van der Waals surface area contributed by atoms with Crippen molar-refractivity contribution in [1.29, 1.82) is 0 Å². The van der Waals surface area contributed by atoms with Crippen LogP contribution >= 0.6 is 0 Å². The highest BCUT2D eigenvalue weighted by atomic mass is 16.5. The Labute approximate surface area is 190 Å². The fourth-order valence-corrected chi connectivity index (χ4v) is 3.18. The van der Waals surface area contributed by atoms with Crippen molar-refractivity contribution in [2.45, 2.75) is 0 Å². The van der Waals surface area contributed by atoms with Crippen LogP contribution in [0.2, 0.25) is 0 Å². The molecule has 0 atom stereocenters. The van der Waals surface area contributed by atoms with Crippen LogP contribution in [0.4, 0.5) is 17.1 Å². The van der Waals surface area contributed by atoms with Crippen molar-refractivity contribution < 1.29 is 23.8 Å². The maximum absolute atomic E-state index is 12.7. The Hall–Kier alpha value is -4.59. The molecule has 0 aliphatic heterocycles. The molecular formula is C25H21N3O5. The van der Waals surface area contributed by atoms with Gasteiger partial charge in [-0.15, -0.1) is 10.2 Å². The standard InChI is InChI=1S/C25H21N3O5/c1-31-21-13-12-16(14-23(21)32-2)22-15-20(25(30)33-22)27-28-24(29)18-10-6-7-11-19(18)26-17-8-4-3-5-9-17/h3-15,26,30H,1-2H3. The number of methoxy groups -OCH3 is 2. The number of anilines is 2. The number of amides is 1. The SMILES string of the molecule is COc1ccc(-c2cc(N=NC(=O)c3ccccc3Nc3ccccc3)c(O)o2)cc1OC. The highest BCUT2D eigenvalue weighted by Gasteiger charge is 2.16. The van der Waals surface area contributed by atoms with Gasteiger partial charge in [-0.05, 0) is 42.5 Å². The maximum atomic E-state index is 12.7. The second-order valence-corrected chi connectivity index (χ2v) is 6.91. The molecule has 1 aromatic heterocycles. The van der Waals surface area contributed by atoms with Gasteiger partial charge < -0.3 is 24.3 Å². The Kier molecular flexibility index (Phi) is 6.36. The van der Waals surface area contributed by atoms with Crippen LogP contribution < -0.4 is 14.8 Å². The summed E-state index contributed by atoms with van der Waals surface area (Å²) in [5, 5.41) is 21.0. The van der Waals surface area contributed by atoms with Crippen molar-refractivity contribution in [3.63, 3.8) is 0 Å². The number of nitrogens with one attached hydrogen (secondary N) is 1. The quantitative estimate of drug-likeness (QED) is 0.323. The lowest BCUT2D eigenvalue weighted by Gasteiger charge is -2.09. The number of carbonyl (C=O) groups is 1. The number of aromatic hydroxyl groups is 1. The van der Waals surface area contributed by atoms with Gasteiger partial charge in [0.2, 0.25) is 0 Å². The van der Waals surface area contributed by atoms with Gasteiger partial charge in [-0.1, -0.05) is 30.3 Å². The minimum absolute atomic E-state index is 0.0293. The van der Waals surface area contributed by atoms with Gasteiger partial charge in [0.15, 0.2) is 17.2 Å². The topological polar surface area (TPSA) is 106 Å². The summed E-state index contributed by atoms with van der Waals surface area (Å²) in [6.07, 6.45) is 0. The van der Waals surface area contributed by atoms with Crippen molar-refractivity contribution in [3.05, 3.63) is 84.4 Å². The van der Waals surface area contributed by atoms with Gasteiger partial charge in [-0.25, -0.2) is 0 Å². The van der Waals surface area contributed by atoms with Crippen molar-refractivity contribution in [2.75, 3.05) is 19.5 Å². The molecule has 33 heavy (non-hydrogen) atoms. The van der Waals surface area contributed by atoms with E-state index in [4.69, 9.17) is 13.9 Å². The number of azo groups is 1. The lowest BCUT2D eigenvalue weighted by Crippen LogP contribution is -2.00. The first-order chi connectivity index (χ1) is 16.1. The van der Waals surface area contributed by atoms with Crippen molar-refractivity contribution in [3.8, 4) is 28.8 Å². The van der Waals surface area contributed by atoms with Gasteiger partial charge in [0.1, 0.15) is 5.76 Å². The molecule has 2 N–H and O–H groups in total. The molecule has 166 valence electrons. The molecule has 0 saturated heterocycles. The summed E-state index contributed by atoms with van der Waals surface area (Å²) in [5.41, 5.74) is 2.43. The average Bonchev–Trinajstić information content (AvgIpc) is 3.23. The fourth-order valence-electron chi connectivity index (χ4n) is 3.18. The van der Waals surface area contributed by atoms with Crippen LogP contribution in [0.1, 0.15) is 10.4 Å². The van der Waals surface area contributed by atoms with Gasteiger partial charge in [0, 0.05) is 17.3 Å². The summed E-state index contributed by atoms with van der Waals surface area (Å²) >= 11 is 0. The molecule has 4 aromatic rings. The molecule has 0 bridgehead atoms. The smallest absolute Gasteiger partial charge is 0.311 e. The van der Waals surface area contributed by atoms with E-state index >= 15 is 0 Å². The normalized spacial score (nSPS) is 10.8. The molecule has 8 nitrogen and oxygen atoms in total. The molecule has 8 heteroatoms. The molecule has 0 aliphatic carbocycles. The van der Waals surface area contributed by atoms with Crippen LogP contribution in [0, 0.1) is 0 Å². The largest absolute Gasteiger partial charge is 0.493 e. The Morgan fingerprint density at radius 2 is 1.64 bits per heavy atom. The van der Waals surface area contributed by atoms with Gasteiger partial charge in [-0.2, -0.15) is 0 Å². The Morgan fingerprint density at radius 3 is 2.39 bits per heavy atom. The number of para-hydroxylation sites is 2. The second-order valence-electron chi connectivity index (χ2n) is 6.91. The molecule has 3 aromatic carbocycles. The minimum Gasteiger partial charge on any atom is -0.493 e. The van der Waals surface area contributed by atoms with E-state index in [1.165, 1.54) is 13.2 Å². The van der Waals surface area contributed by atoms with E-state index in [2.05, 4.69) is 15.5 Å². The third-order valence-corrected chi connectivity index (χ3v) is 4.82. The lowest BCUT2D eigenvalue weighted by atomic mass is 10.1. The number of hydrogen-bond acceptors (Lipinski definition) is 7. The number of nitrogens with zero attached hydrogens (tertiary/aromatic N) is 2. The molecular weight excluding hydrogens is 422 g/mol. The Bertz CT molecular complexity index is 1300. The van der Waals surface area contributed by atoms with Crippen LogP contribution in [0.15, 0.2) is 93.5 Å². The van der Waals surface area contributed by atoms with E-state index in [9.17, 15) is 9.90 Å². The minimum atomic E-state index is -0.567. The summed E-state index contributed by atoms with van der Waals surface area (Å²) in [7, 11) is 3.07. The summed E-state index contributed by atoms with van der Waals surface area (Å²) < 4.78 is 15.9. The molecule has 1 heterocycles. The number of benzene rings is 3. The number of hydrogen-bond donors (Lipinski definition) is 2. The lowest BCUT2D eigenvalue weighted by molar-refractivity contribution is 0.0996. The van der Waals surface area contributed by atoms with E-state index in [0.717, 1.165) is 5.69 Å². The first-order valence-electron chi connectivity index (χ1n) is 10.0. The molecule has 0 fully saturated rings. The first-order valence-corrected chi connectivity index (χ1v) is 10.0. The van der Waals surface area contributed by atoms with Crippen LogP contribution in [0.3, 0.4) is 0 Å². The maximum Gasteiger partial charge on any atom is 0.311 e.